The van der Waals surface area contributed by atoms with Gasteiger partial charge in [-0.15, -0.1) is 0 Å². The zero-order valence-corrected chi connectivity index (χ0v) is 11.3. The average molecular weight is 247 g/mol. The highest BCUT2D eigenvalue weighted by Gasteiger charge is 2.10. The molecule has 0 aliphatic heterocycles. The van der Waals surface area contributed by atoms with E-state index in [-0.39, 0.29) is 0 Å². The molecule has 18 heavy (non-hydrogen) atoms. The molecule has 1 atom stereocenters. The molecule has 5 nitrogen and oxygen atoms in total. The van der Waals surface area contributed by atoms with E-state index >= 15 is 0 Å². The van der Waals surface area contributed by atoms with Gasteiger partial charge in [0.05, 0.1) is 6.54 Å². The number of rotatable bonds is 6. The van der Waals surface area contributed by atoms with Crippen molar-refractivity contribution in [2.45, 2.75) is 39.4 Å². The molecule has 0 bridgehead atoms. The van der Waals surface area contributed by atoms with Crippen LogP contribution in [0.15, 0.2) is 24.7 Å². The average Bonchev–Trinajstić information content (AvgIpc) is 3.00. The van der Waals surface area contributed by atoms with Gasteiger partial charge in [0.1, 0.15) is 12.2 Å². The summed E-state index contributed by atoms with van der Waals surface area (Å²) in [4.78, 5) is 4.35. The molecule has 0 saturated heterocycles. The van der Waals surface area contributed by atoms with Crippen LogP contribution in [-0.4, -0.2) is 26.4 Å². The number of hydrogen-bond acceptors (Lipinski definition) is 3. The second-order valence-electron chi connectivity index (χ2n) is 4.47. The van der Waals surface area contributed by atoms with Crippen LogP contribution in [0.3, 0.4) is 0 Å². The maximum absolute atomic E-state index is 4.35. The highest BCUT2D eigenvalue weighted by Crippen LogP contribution is 2.14. The Labute approximate surface area is 108 Å². The first kappa shape index (κ1) is 12.8. The van der Waals surface area contributed by atoms with Crippen molar-refractivity contribution >= 4 is 0 Å². The number of nitrogens with one attached hydrogen (secondary N) is 1. The van der Waals surface area contributed by atoms with Crippen molar-refractivity contribution in [1.82, 2.24) is 24.6 Å². The lowest BCUT2D eigenvalue weighted by atomic mass is 10.2. The van der Waals surface area contributed by atoms with Crippen molar-refractivity contribution in [1.29, 1.82) is 0 Å². The molecule has 0 radical (unpaired) electrons. The minimum Gasteiger partial charge on any atom is -0.342 e. The van der Waals surface area contributed by atoms with Crippen molar-refractivity contribution in [2.24, 2.45) is 0 Å². The lowest BCUT2D eigenvalue weighted by molar-refractivity contribution is 0.534. The highest BCUT2D eigenvalue weighted by molar-refractivity contribution is 5.12. The van der Waals surface area contributed by atoms with E-state index in [9.17, 15) is 0 Å². The molecule has 2 rings (SSSR count). The van der Waals surface area contributed by atoms with Gasteiger partial charge in [-0.3, -0.25) is 0 Å². The van der Waals surface area contributed by atoms with E-state index in [1.807, 2.05) is 11.7 Å². The Balaban J connectivity index is 2.18. The molecule has 2 aromatic heterocycles. The van der Waals surface area contributed by atoms with Crippen LogP contribution in [0.1, 0.15) is 37.8 Å². The summed E-state index contributed by atoms with van der Waals surface area (Å²) in [5, 5.41) is 7.52. The largest absolute Gasteiger partial charge is 0.342 e. The topological polar surface area (TPSA) is 47.7 Å². The molecule has 0 amide bonds. The molecule has 0 fully saturated rings. The fraction of sp³-hybridized carbons (Fsp3) is 0.538. The fourth-order valence-corrected chi connectivity index (χ4v) is 2.07. The second kappa shape index (κ2) is 5.82. The molecule has 0 saturated carbocycles. The predicted octanol–water partition coefficient (Wildman–Crippen LogP) is 1.82. The van der Waals surface area contributed by atoms with E-state index in [1.54, 1.807) is 6.33 Å². The highest BCUT2D eigenvalue weighted by atomic mass is 15.3. The normalized spacial score (nSPS) is 12.8. The van der Waals surface area contributed by atoms with Crippen molar-refractivity contribution < 1.29 is 0 Å². The van der Waals surface area contributed by atoms with Gasteiger partial charge in [-0.25, -0.2) is 9.67 Å². The monoisotopic (exact) mass is 247 g/mol. The van der Waals surface area contributed by atoms with E-state index in [2.05, 4.69) is 52.1 Å². The van der Waals surface area contributed by atoms with Crippen LogP contribution in [0.5, 0.6) is 0 Å². The van der Waals surface area contributed by atoms with Gasteiger partial charge in [0.2, 0.25) is 0 Å². The van der Waals surface area contributed by atoms with E-state index in [1.165, 1.54) is 5.69 Å². The zero-order valence-electron chi connectivity index (χ0n) is 11.3. The third-order valence-electron chi connectivity index (χ3n) is 3.18. The van der Waals surface area contributed by atoms with Crippen molar-refractivity contribution in [3.05, 3.63) is 36.2 Å². The Morgan fingerprint density at radius 2 is 2.28 bits per heavy atom. The predicted molar refractivity (Wildman–Crippen MR) is 71.3 cm³/mol. The second-order valence-corrected chi connectivity index (χ2v) is 4.47. The van der Waals surface area contributed by atoms with Crippen molar-refractivity contribution in [2.75, 3.05) is 7.05 Å². The zero-order chi connectivity index (χ0) is 13.0. The summed E-state index contributed by atoms with van der Waals surface area (Å²) in [7, 11) is 1.97. The molecule has 2 heterocycles. The molecular weight excluding hydrogens is 226 g/mol. The summed E-state index contributed by atoms with van der Waals surface area (Å²) in [6.07, 6.45) is 4.80. The van der Waals surface area contributed by atoms with E-state index in [0.717, 1.165) is 25.3 Å². The Hall–Kier alpha value is -1.62. The lowest BCUT2D eigenvalue weighted by Crippen LogP contribution is -2.18. The maximum atomic E-state index is 4.35. The SMILES string of the molecule is CCCn1ncnc1Cn1cccc1C(C)NC. The molecule has 0 aliphatic rings. The summed E-state index contributed by atoms with van der Waals surface area (Å²) in [5.74, 6) is 1.01. The summed E-state index contributed by atoms with van der Waals surface area (Å²) < 4.78 is 4.20. The summed E-state index contributed by atoms with van der Waals surface area (Å²) >= 11 is 0. The van der Waals surface area contributed by atoms with Crippen molar-refractivity contribution in [3.8, 4) is 0 Å². The smallest absolute Gasteiger partial charge is 0.146 e. The van der Waals surface area contributed by atoms with Crippen LogP contribution in [0, 0.1) is 0 Å². The molecule has 2 aromatic rings. The van der Waals surface area contributed by atoms with Crippen molar-refractivity contribution in [3.63, 3.8) is 0 Å². The first-order chi connectivity index (χ1) is 8.76. The van der Waals surface area contributed by atoms with Gasteiger partial charge in [-0.2, -0.15) is 5.10 Å². The van der Waals surface area contributed by atoms with Crippen LogP contribution >= 0.6 is 0 Å². The minimum atomic E-state index is 0.336. The third kappa shape index (κ3) is 2.61. The number of aromatic nitrogens is 4. The van der Waals surface area contributed by atoms with Crippen LogP contribution < -0.4 is 5.32 Å². The first-order valence-electron chi connectivity index (χ1n) is 6.45. The van der Waals surface area contributed by atoms with Crippen LogP contribution in [0.25, 0.3) is 0 Å². The number of nitrogens with zero attached hydrogens (tertiary/aromatic N) is 4. The van der Waals surface area contributed by atoms with Crippen LogP contribution in [0.2, 0.25) is 0 Å². The minimum absolute atomic E-state index is 0.336. The molecule has 0 spiro atoms. The van der Waals surface area contributed by atoms with Crippen LogP contribution in [0.4, 0.5) is 0 Å². The lowest BCUT2D eigenvalue weighted by Gasteiger charge is -2.15. The molecule has 0 aromatic carbocycles. The molecule has 98 valence electrons. The third-order valence-corrected chi connectivity index (χ3v) is 3.18. The summed E-state index contributed by atoms with van der Waals surface area (Å²) in [6.45, 7) is 6.00. The molecule has 1 N–H and O–H groups in total. The molecule has 1 unspecified atom stereocenters. The Morgan fingerprint density at radius 3 is 3.00 bits per heavy atom. The first-order valence-corrected chi connectivity index (χ1v) is 6.45. The van der Waals surface area contributed by atoms with Crippen LogP contribution in [-0.2, 0) is 13.1 Å². The Bertz CT molecular complexity index is 485. The standard InChI is InChI=1S/C13H21N5/c1-4-7-18-13(15-10-16-18)9-17-8-5-6-12(17)11(2)14-3/h5-6,8,10-11,14H,4,7,9H2,1-3H3. The molecule has 0 aliphatic carbocycles. The Kier molecular flexibility index (Phi) is 4.15. The quantitative estimate of drug-likeness (QED) is 0.847. The van der Waals surface area contributed by atoms with Gasteiger partial charge >= 0.3 is 0 Å². The van der Waals surface area contributed by atoms with Gasteiger partial charge < -0.3 is 9.88 Å². The number of hydrogen-bond donors (Lipinski definition) is 1. The number of aryl methyl sites for hydroxylation is 1. The fourth-order valence-electron chi connectivity index (χ4n) is 2.07. The molecular formula is C13H21N5. The maximum Gasteiger partial charge on any atom is 0.146 e. The van der Waals surface area contributed by atoms with Gasteiger partial charge in [0.25, 0.3) is 0 Å². The van der Waals surface area contributed by atoms with Gasteiger partial charge in [0.15, 0.2) is 0 Å². The molecule has 5 heteroatoms. The van der Waals surface area contributed by atoms with E-state index in [4.69, 9.17) is 0 Å². The van der Waals surface area contributed by atoms with E-state index in [0.29, 0.717) is 6.04 Å². The Morgan fingerprint density at radius 1 is 1.44 bits per heavy atom. The van der Waals surface area contributed by atoms with Gasteiger partial charge in [-0.1, -0.05) is 6.92 Å². The van der Waals surface area contributed by atoms with Gasteiger partial charge in [-0.05, 0) is 32.5 Å². The summed E-state index contributed by atoms with van der Waals surface area (Å²) in [6, 6.07) is 4.55. The summed E-state index contributed by atoms with van der Waals surface area (Å²) in [5.41, 5.74) is 1.27. The van der Waals surface area contributed by atoms with Gasteiger partial charge in [0, 0.05) is 24.5 Å². The van der Waals surface area contributed by atoms with E-state index < -0.39 is 0 Å².